The molecule has 0 radical (unpaired) electrons. The smallest absolute Gasteiger partial charge is 0.269 e. The summed E-state index contributed by atoms with van der Waals surface area (Å²) in [5, 5.41) is 13.5. The van der Waals surface area contributed by atoms with Crippen LogP contribution < -0.4 is 5.32 Å². The third-order valence-electron chi connectivity index (χ3n) is 4.84. The molecule has 29 heavy (non-hydrogen) atoms. The Morgan fingerprint density at radius 3 is 2.48 bits per heavy atom. The number of nitrogens with zero attached hydrogens (tertiary/aromatic N) is 2. The summed E-state index contributed by atoms with van der Waals surface area (Å²) in [5.74, 6) is -0.802. The van der Waals surface area contributed by atoms with Gasteiger partial charge in [0.2, 0.25) is 15.7 Å². The van der Waals surface area contributed by atoms with Gasteiger partial charge in [-0.05, 0) is 29.5 Å². The summed E-state index contributed by atoms with van der Waals surface area (Å²) in [6.07, 6.45) is 2.75. The summed E-state index contributed by atoms with van der Waals surface area (Å²) in [5.41, 5.74) is -0.543. The Morgan fingerprint density at radius 2 is 1.93 bits per heavy atom. The normalized spacial score (nSPS) is 20.0. The van der Waals surface area contributed by atoms with Crippen LogP contribution in [0.25, 0.3) is 0 Å². The van der Waals surface area contributed by atoms with Crippen LogP contribution in [-0.2, 0) is 14.6 Å². The summed E-state index contributed by atoms with van der Waals surface area (Å²) in [6.45, 7) is 3.81. The van der Waals surface area contributed by atoms with E-state index in [4.69, 9.17) is 23.2 Å². The number of carbonyl (C=O) groups is 1. The van der Waals surface area contributed by atoms with Gasteiger partial charge in [0.1, 0.15) is 8.70 Å². The summed E-state index contributed by atoms with van der Waals surface area (Å²) in [4.78, 5) is 26.5. The molecule has 0 spiro atoms. The zero-order valence-corrected chi connectivity index (χ0v) is 18.3. The topological polar surface area (TPSA) is 119 Å². The molecule has 1 fully saturated rings. The fourth-order valence-electron chi connectivity index (χ4n) is 3.11. The molecule has 0 unspecified atom stereocenters. The average molecular weight is 476 g/mol. The molecular weight excluding hydrogens is 461 g/mol. The first-order chi connectivity index (χ1) is 13.4. The van der Waals surface area contributed by atoms with Gasteiger partial charge in [-0.25, -0.2) is 13.4 Å². The quantitative estimate of drug-likeness (QED) is 0.487. The number of anilines is 1. The van der Waals surface area contributed by atoms with Crippen LogP contribution in [-0.4, -0.2) is 24.2 Å². The molecule has 2 atom stereocenters. The number of nitro benzene ring substituents is 1. The van der Waals surface area contributed by atoms with Crippen LogP contribution in [0.4, 0.5) is 10.8 Å². The highest BCUT2D eigenvalue weighted by molar-refractivity contribution is 7.93. The van der Waals surface area contributed by atoms with Crippen molar-refractivity contribution in [1.29, 1.82) is 0 Å². The number of non-ortho nitro benzene ring substituents is 1. The molecule has 8 nitrogen and oxygen atoms in total. The maximum atomic E-state index is 12.7. The minimum absolute atomic E-state index is 0.0861. The Kier molecular flexibility index (Phi) is 5.74. The van der Waals surface area contributed by atoms with E-state index in [1.54, 1.807) is 6.08 Å². The lowest BCUT2D eigenvalue weighted by Crippen LogP contribution is -2.16. The molecule has 3 rings (SSSR count). The lowest BCUT2D eigenvalue weighted by atomic mass is 10.1. The van der Waals surface area contributed by atoms with Crippen LogP contribution in [0.5, 0.6) is 0 Å². The maximum absolute atomic E-state index is 12.7. The van der Waals surface area contributed by atoms with Gasteiger partial charge in [-0.3, -0.25) is 14.9 Å². The molecule has 0 saturated heterocycles. The number of aromatic nitrogens is 1. The van der Waals surface area contributed by atoms with Crippen molar-refractivity contribution in [3.63, 3.8) is 0 Å². The Balaban J connectivity index is 1.76. The summed E-state index contributed by atoms with van der Waals surface area (Å²) >= 11 is 12.2. The number of rotatable bonds is 6. The van der Waals surface area contributed by atoms with E-state index in [0.717, 1.165) is 41.8 Å². The standard InChI is InChI=1S/C17H15Cl2N3O5S2/c1-17(2)11(7-12(18)19)14(17)15(23)21-16-20-8-13(28-16)29(26,27)10-5-3-9(4-6-10)22(24)25/h3-8,11,14H,1-2H3,(H,20,21,23)/t11-,14+/m1/s1. The first kappa shape index (κ1) is 21.7. The Hall–Kier alpha value is -2.01. The van der Waals surface area contributed by atoms with Gasteiger partial charge in [0.15, 0.2) is 5.13 Å². The Bertz CT molecular complexity index is 1110. The lowest BCUT2D eigenvalue weighted by Gasteiger charge is -2.03. The fourth-order valence-corrected chi connectivity index (χ4v) is 5.82. The fraction of sp³-hybridized carbons (Fsp3) is 0.294. The minimum atomic E-state index is -3.91. The third-order valence-corrected chi connectivity index (χ3v) is 8.23. The van der Waals surface area contributed by atoms with Crippen molar-refractivity contribution in [2.24, 2.45) is 17.3 Å². The summed E-state index contributed by atoms with van der Waals surface area (Å²) in [7, 11) is -3.91. The van der Waals surface area contributed by atoms with Crippen LogP contribution in [0.2, 0.25) is 0 Å². The molecule has 154 valence electrons. The number of allylic oxidation sites excluding steroid dienone is 1. The predicted octanol–water partition coefficient (Wildman–Crippen LogP) is 4.41. The van der Waals surface area contributed by atoms with E-state index in [-0.39, 0.29) is 47.6 Å². The highest BCUT2D eigenvalue weighted by atomic mass is 35.5. The van der Waals surface area contributed by atoms with E-state index >= 15 is 0 Å². The van der Waals surface area contributed by atoms with Crippen molar-refractivity contribution in [3.8, 4) is 0 Å². The van der Waals surface area contributed by atoms with Crippen molar-refractivity contribution in [2.45, 2.75) is 23.0 Å². The first-order valence-electron chi connectivity index (χ1n) is 8.23. The minimum Gasteiger partial charge on any atom is -0.302 e. The number of halogens is 2. The number of benzene rings is 1. The SMILES string of the molecule is CC1(C)[C@H](C=C(Cl)Cl)[C@H]1C(=O)Nc1ncc(S(=O)(=O)c2ccc([N+](=O)[O-])cc2)s1. The van der Waals surface area contributed by atoms with Crippen LogP contribution in [0.15, 0.2) is 50.1 Å². The molecule has 0 bridgehead atoms. The number of nitro groups is 1. The third kappa shape index (κ3) is 4.30. The number of hydrogen-bond donors (Lipinski definition) is 1. The van der Waals surface area contributed by atoms with Gasteiger partial charge in [0, 0.05) is 12.1 Å². The van der Waals surface area contributed by atoms with Crippen LogP contribution in [0.3, 0.4) is 0 Å². The number of thiazole rings is 1. The second-order valence-electron chi connectivity index (χ2n) is 7.01. The first-order valence-corrected chi connectivity index (χ1v) is 11.3. The van der Waals surface area contributed by atoms with Crippen LogP contribution >= 0.6 is 34.5 Å². The maximum Gasteiger partial charge on any atom is 0.269 e. The number of sulfone groups is 1. The molecule has 1 saturated carbocycles. The molecule has 0 aliphatic heterocycles. The summed E-state index contributed by atoms with van der Waals surface area (Å²) < 4.78 is 25.4. The lowest BCUT2D eigenvalue weighted by molar-refractivity contribution is -0.384. The van der Waals surface area contributed by atoms with Crippen molar-refractivity contribution in [1.82, 2.24) is 4.98 Å². The van der Waals surface area contributed by atoms with E-state index in [0.29, 0.717) is 0 Å². The zero-order valence-electron chi connectivity index (χ0n) is 15.1. The largest absolute Gasteiger partial charge is 0.302 e. The van der Waals surface area contributed by atoms with Crippen LogP contribution in [0.1, 0.15) is 13.8 Å². The van der Waals surface area contributed by atoms with E-state index in [9.17, 15) is 23.3 Å². The molecule has 1 aliphatic carbocycles. The van der Waals surface area contributed by atoms with E-state index in [1.807, 2.05) is 13.8 Å². The predicted molar refractivity (Wildman–Crippen MR) is 110 cm³/mol. The molecule has 1 aliphatic rings. The average Bonchev–Trinajstić information content (AvgIpc) is 2.95. The van der Waals surface area contributed by atoms with Crippen molar-refractivity contribution < 1.29 is 18.1 Å². The molecule has 1 N–H and O–H groups in total. The van der Waals surface area contributed by atoms with E-state index < -0.39 is 14.8 Å². The van der Waals surface area contributed by atoms with Gasteiger partial charge in [0.25, 0.3) is 5.69 Å². The molecule has 1 aromatic carbocycles. The summed E-state index contributed by atoms with van der Waals surface area (Å²) in [6, 6.07) is 4.54. The number of nitrogens with one attached hydrogen (secondary N) is 1. The molecule has 12 heteroatoms. The van der Waals surface area contributed by atoms with Gasteiger partial charge in [0.05, 0.1) is 21.9 Å². The highest BCUT2D eigenvalue weighted by Gasteiger charge is 2.60. The van der Waals surface area contributed by atoms with Crippen molar-refractivity contribution in [2.75, 3.05) is 5.32 Å². The molecule has 1 aromatic heterocycles. The van der Waals surface area contributed by atoms with Gasteiger partial charge >= 0.3 is 0 Å². The van der Waals surface area contributed by atoms with Gasteiger partial charge in [-0.2, -0.15) is 0 Å². The van der Waals surface area contributed by atoms with Crippen LogP contribution in [0, 0.1) is 27.4 Å². The van der Waals surface area contributed by atoms with Gasteiger partial charge in [-0.15, -0.1) is 0 Å². The van der Waals surface area contributed by atoms with E-state index in [1.165, 1.54) is 0 Å². The molecular formula is C17H15Cl2N3O5S2. The van der Waals surface area contributed by atoms with Crippen molar-refractivity contribution >= 4 is 61.1 Å². The second kappa shape index (κ2) is 7.67. The van der Waals surface area contributed by atoms with Crippen molar-refractivity contribution in [3.05, 3.63) is 51.1 Å². The second-order valence-corrected chi connectivity index (χ2v) is 11.2. The number of hydrogen-bond acceptors (Lipinski definition) is 7. The monoisotopic (exact) mass is 475 g/mol. The van der Waals surface area contributed by atoms with Gasteiger partial charge < -0.3 is 5.32 Å². The Labute approximate surface area is 180 Å². The molecule has 1 amide bonds. The number of amides is 1. The number of carbonyl (C=O) groups excluding carboxylic acids is 1. The zero-order chi connectivity index (χ0) is 21.6. The molecule has 1 heterocycles. The molecule has 2 aromatic rings. The van der Waals surface area contributed by atoms with Gasteiger partial charge in [-0.1, -0.05) is 48.4 Å². The highest BCUT2D eigenvalue weighted by Crippen LogP contribution is 2.60. The Morgan fingerprint density at radius 1 is 1.31 bits per heavy atom. The van der Waals surface area contributed by atoms with E-state index in [2.05, 4.69) is 10.3 Å².